The minimum atomic E-state index is -3.08. The van der Waals surface area contributed by atoms with Gasteiger partial charge in [0.05, 0.1) is 0 Å². The van der Waals surface area contributed by atoms with Crippen LogP contribution in [0, 0.1) is 0 Å². The average Bonchev–Trinajstić information content (AvgIpc) is 2.84. The number of thioether (sulfide) groups is 1. The van der Waals surface area contributed by atoms with E-state index in [2.05, 4.69) is 24.1 Å². The largest absolute Gasteiger partial charge is 0.330 e. The molecule has 1 aromatic heterocycles. The molecule has 0 aliphatic carbocycles. The van der Waals surface area contributed by atoms with Crippen molar-refractivity contribution in [2.75, 3.05) is 29.2 Å². The Hall–Kier alpha value is -0.310. The zero-order chi connectivity index (χ0) is 14.8. The SMILES string of the molecule is CC(C)NCc1cnc(N2CCSCC2S(C)(=O)=O)s1. The summed E-state index contributed by atoms with van der Waals surface area (Å²) in [6.07, 6.45) is 3.15. The highest BCUT2D eigenvalue weighted by molar-refractivity contribution is 8.01. The van der Waals surface area contributed by atoms with Crippen molar-refractivity contribution in [3.8, 4) is 0 Å². The Labute approximate surface area is 129 Å². The third kappa shape index (κ3) is 4.09. The van der Waals surface area contributed by atoms with E-state index in [0.717, 1.165) is 28.9 Å². The van der Waals surface area contributed by atoms with Crippen LogP contribution >= 0.6 is 23.1 Å². The Morgan fingerprint density at radius 2 is 2.30 bits per heavy atom. The molecule has 0 bridgehead atoms. The van der Waals surface area contributed by atoms with Gasteiger partial charge in [-0.05, 0) is 0 Å². The zero-order valence-electron chi connectivity index (χ0n) is 12.0. The van der Waals surface area contributed by atoms with E-state index in [1.165, 1.54) is 6.26 Å². The van der Waals surface area contributed by atoms with E-state index < -0.39 is 15.2 Å². The molecule has 8 heteroatoms. The normalized spacial score (nSPS) is 20.6. The van der Waals surface area contributed by atoms with E-state index in [-0.39, 0.29) is 0 Å². The van der Waals surface area contributed by atoms with Crippen LogP contribution in [-0.2, 0) is 16.4 Å². The number of nitrogens with zero attached hydrogens (tertiary/aromatic N) is 2. The lowest BCUT2D eigenvalue weighted by atomic mass is 10.4. The van der Waals surface area contributed by atoms with Crippen molar-refractivity contribution in [1.82, 2.24) is 10.3 Å². The van der Waals surface area contributed by atoms with Gasteiger partial charge in [-0.15, -0.1) is 11.3 Å². The maximum atomic E-state index is 11.9. The quantitative estimate of drug-likeness (QED) is 0.881. The first-order chi connectivity index (χ1) is 9.38. The monoisotopic (exact) mass is 335 g/mol. The second-order valence-electron chi connectivity index (χ2n) is 5.20. The lowest BCUT2D eigenvalue weighted by Crippen LogP contribution is -2.47. The minimum absolute atomic E-state index is 0.427. The zero-order valence-corrected chi connectivity index (χ0v) is 14.4. The number of hydrogen-bond acceptors (Lipinski definition) is 7. The lowest BCUT2D eigenvalue weighted by Gasteiger charge is -2.33. The highest BCUT2D eigenvalue weighted by atomic mass is 32.2. The summed E-state index contributed by atoms with van der Waals surface area (Å²) in [4.78, 5) is 7.49. The van der Waals surface area contributed by atoms with Crippen molar-refractivity contribution in [2.45, 2.75) is 31.8 Å². The number of hydrogen-bond donors (Lipinski definition) is 1. The highest BCUT2D eigenvalue weighted by Crippen LogP contribution is 2.30. The molecule has 1 atom stereocenters. The van der Waals surface area contributed by atoms with E-state index in [4.69, 9.17) is 0 Å². The molecule has 0 amide bonds. The minimum Gasteiger partial charge on any atom is -0.330 e. The molecule has 1 saturated heterocycles. The van der Waals surface area contributed by atoms with Crippen molar-refractivity contribution < 1.29 is 8.42 Å². The number of anilines is 1. The summed E-state index contributed by atoms with van der Waals surface area (Å²) in [5, 5.41) is 3.72. The molecule has 1 aromatic rings. The second-order valence-corrected chi connectivity index (χ2v) is 9.64. The van der Waals surface area contributed by atoms with Gasteiger partial charge < -0.3 is 10.2 Å². The van der Waals surface area contributed by atoms with Crippen LogP contribution < -0.4 is 10.2 Å². The summed E-state index contributed by atoms with van der Waals surface area (Å²) >= 11 is 3.27. The maximum absolute atomic E-state index is 11.9. The number of aromatic nitrogens is 1. The molecule has 0 saturated carbocycles. The molecule has 0 spiro atoms. The van der Waals surface area contributed by atoms with E-state index in [1.807, 2.05) is 11.1 Å². The summed E-state index contributed by atoms with van der Waals surface area (Å²) in [6, 6.07) is 0.427. The maximum Gasteiger partial charge on any atom is 0.186 e. The van der Waals surface area contributed by atoms with Gasteiger partial charge in [0.25, 0.3) is 0 Å². The molecule has 1 fully saturated rings. The van der Waals surface area contributed by atoms with Gasteiger partial charge >= 0.3 is 0 Å². The molecule has 0 aromatic carbocycles. The van der Waals surface area contributed by atoms with E-state index in [9.17, 15) is 8.42 Å². The van der Waals surface area contributed by atoms with Crippen LogP contribution in [0.15, 0.2) is 6.20 Å². The van der Waals surface area contributed by atoms with Crippen molar-refractivity contribution in [1.29, 1.82) is 0 Å². The summed E-state index contributed by atoms with van der Waals surface area (Å²) in [6.45, 7) is 5.72. The molecule has 1 N–H and O–H groups in total. The molecule has 1 aliphatic heterocycles. The highest BCUT2D eigenvalue weighted by Gasteiger charge is 2.32. The van der Waals surface area contributed by atoms with E-state index >= 15 is 0 Å². The molecule has 1 aliphatic rings. The van der Waals surface area contributed by atoms with E-state index in [0.29, 0.717) is 11.8 Å². The van der Waals surface area contributed by atoms with Gasteiger partial charge in [0.15, 0.2) is 15.0 Å². The molecule has 1 unspecified atom stereocenters. The number of sulfone groups is 1. The van der Waals surface area contributed by atoms with Gasteiger partial charge in [0.2, 0.25) is 0 Å². The molecule has 20 heavy (non-hydrogen) atoms. The van der Waals surface area contributed by atoms with Crippen LogP contribution in [0.25, 0.3) is 0 Å². The fourth-order valence-corrected chi connectivity index (χ4v) is 5.79. The van der Waals surface area contributed by atoms with Crippen LogP contribution in [0.2, 0.25) is 0 Å². The van der Waals surface area contributed by atoms with Gasteiger partial charge in [-0.2, -0.15) is 11.8 Å². The van der Waals surface area contributed by atoms with Gasteiger partial charge in [-0.25, -0.2) is 13.4 Å². The first kappa shape index (κ1) is 16.1. The summed E-state index contributed by atoms with van der Waals surface area (Å²) in [5.41, 5.74) is 0. The van der Waals surface area contributed by atoms with Crippen LogP contribution in [0.3, 0.4) is 0 Å². The Morgan fingerprint density at radius 3 is 2.95 bits per heavy atom. The van der Waals surface area contributed by atoms with Gasteiger partial charge in [-0.3, -0.25) is 0 Å². The van der Waals surface area contributed by atoms with Crippen LogP contribution in [0.1, 0.15) is 18.7 Å². The smallest absolute Gasteiger partial charge is 0.186 e. The first-order valence-corrected chi connectivity index (χ1v) is 10.5. The standard InChI is InChI=1S/C12H21N3O2S3/c1-9(2)13-6-10-7-14-12(19-10)15-4-5-18-8-11(15)20(3,16)17/h7,9,11,13H,4-6,8H2,1-3H3. The fraction of sp³-hybridized carbons (Fsp3) is 0.750. The van der Waals surface area contributed by atoms with Crippen molar-refractivity contribution in [3.63, 3.8) is 0 Å². The Bertz CT molecular complexity index is 542. The molecular formula is C12H21N3O2S3. The average molecular weight is 336 g/mol. The predicted octanol–water partition coefficient (Wildman–Crippen LogP) is 1.56. The second kappa shape index (κ2) is 6.64. The number of nitrogens with one attached hydrogen (secondary N) is 1. The third-order valence-corrected chi connectivity index (χ3v) is 6.73. The molecule has 0 radical (unpaired) electrons. The molecule has 2 rings (SSSR count). The summed E-state index contributed by atoms with van der Waals surface area (Å²) < 4.78 is 23.8. The number of rotatable bonds is 5. The molecule has 114 valence electrons. The van der Waals surface area contributed by atoms with Gasteiger partial charge in [0, 0.05) is 48.0 Å². The molecular weight excluding hydrogens is 314 g/mol. The third-order valence-electron chi connectivity index (χ3n) is 3.05. The molecule has 2 heterocycles. The van der Waals surface area contributed by atoms with Crippen LogP contribution in [0.5, 0.6) is 0 Å². The predicted molar refractivity (Wildman–Crippen MR) is 87.4 cm³/mol. The van der Waals surface area contributed by atoms with E-state index in [1.54, 1.807) is 23.1 Å². The van der Waals surface area contributed by atoms with Gasteiger partial charge in [-0.1, -0.05) is 13.8 Å². The van der Waals surface area contributed by atoms with Crippen LogP contribution in [0.4, 0.5) is 5.13 Å². The lowest BCUT2D eigenvalue weighted by molar-refractivity contribution is 0.584. The first-order valence-electron chi connectivity index (χ1n) is 6.59. The topological polar surface area (TPSA) is 62.3 Å². The van der Waals surface area contributed by atoms with Crippen molar-refractivity contribution >= 4 is 38.1 Å². The fourth-order valence-electron chi connectivity index (χ4n) is 1.97. The van der Waals surface area contributed by atoms with Crippen LogP contribution in [-0.4, -0.2) is 49.1 Å². The van der Waals surface area contributed by atoms with Gasteiger partial charge in [0.1, 0.15) is 5.37 Å². The summed E-state index contributed by atoms with van der Waals surface area (Å²) in [5.74, 6) is 1.57. The van der Waals surface area contributed by atoms with Crippen molar-refractivity contribution in [3.05, 3.63) is 11.1 Å². The Balaban J connectivity index is 2.12. The van der Waals surface area contributed by atoms with Crippen molar-refractivity contribution in [2.24, 2.45) is 0 Å². The number of thiazole rings is 1. The summed E-state index contributed by atoms with van der Waals surface area (Å²) in [7, 11) is -3.08. The Morgan fingerprint density at radius 1 is 1.55 bits per heavy atom. The molecule has 5 nitrogen and oxygen atoms in total. The Kier molecular flexibility index (Phi) is 5.33.